The topological polar surface area (TPSA) is 98.3 Å². The molecule has 1 atom stereocenters. The molecule has 2 amide bonds. The van der Waals surface area contributed by atoms with Gasteiger partial charge in [0.2, 0.25) is 5.91 Å². The van der Waals surface area contributed by atoms with Crippen molar-refractivity contribution in [1.29, 1.82) is 0 Å². The zero-order chi connectivity index (χ0) is 35.0. The molecule has 3 aromatic rings. The Labute approximate surface area is 290 Å². The van der Waals surface area contributed by atoms with Crippen LogP contribution >= 0.6 is 0 Å². The number of carbonyl (C=O) groups is 3. The van der Waals surface area contributed by atoms with Crippen LogP contribution < -0.4 is 4.74 Å². The molecule has 49 heavy (non-hydrogen) atoms. The van der Waals surface area contributed by atoms with Gasteiger partial charge in [-0.3, -0.25) is 4.79 Å². The molecule has 5 rings (SSSR count). The second kappa shape index (κ2) is 16.3. The molecule has 1 saturated heterocycles. The highest BCUT2D eigenvalue weighted by atomic mass is 16.6. The Morgan fingerprint density at radius 2 is 1.67 bits per heavy atom. The molecule has 0 radical (unpaired) electrons. The van der Waals surface area contributed by atoms with E-state index >= 15 is 0 Å². The van der Waals surface area contributed by atoms with Gasteiger partial charge in [-0.25, -0.2) is 14.6 Å². The molecule has 0 spiro atoms. The van der Waals surface area contributed by atoms with Gasteiger partial charge < -0.3 is 24.0 Å². The van der Waals surface area contributed by atoms with Crippen molar-refractivity contribution >= 4 is 18.0 Å². The highest BCUT2D eigenvalue weighted by Gasteiger charge is 2.33. The first kappa shape index (κ1) is 35.9. The third-order valence-electron chi connectivity index (χ3n) is 9.34. The van der Waals surface area contributed by atoms with E-state index in [0.717, 1.165) is 73.3 Å². The monoisotopic (exact) mass is 669 g/mol. The Morgan fingerprint density at radius 3 is 2.37 bits per heavy atom. The summed E-state index contributed by atoms with van der Waals surface area (Å²) in [5, 5.41) is 0. The van der Waals surface area contributed by atoms with E-state index in [4.69, 9.17) is 14.2 Å². The molecular formula is C40H51N3O6. The van der Waals surface area contributed by atoms with Crippen molar-refractivity contribution in [2.45, 2.75) is 104 Å². The van der Waals surface area contributed by atoms with Gasteiger partial charge in [0, 0.05) is 31.7 Å². The van der Waals surface area contributed by atoms with Crippen LogP contribution in [0, 0.1) is 0 Å². The third kappa shape index (κ3) is 9.40. The molecule has 2 aromatic carbocycles. The number of piperidine rings is 1. The predicted octanol–water partition coefficient (Wildman–Crippen LogP) is 7.81. The van der Waals surface area contributed by atoms with Crippen molar-refractivity contribution in [1.82, 2.24) is 14.8 Å². The van der Waals surface area contributed by atoms with E-state index < -0.39 is 11.6 Å². The molecule has 2 heterocycles. The summed E-state index contributed by atoms with van der Waals surface area (Å²) in [6.07, 6.45) is 5.10. The Hall–Kier alpha value is -4.40. The molecular weight excluding hydrogens is 618 g/mol. The molecule has 1 aliphatic carbocycles. The molecule has 9 nitrogen and oxygen atoms in total. The van der Waals surface area contributed by atoms with Gasteiger partial charge in [0.05, 0.1) is 12.6 Å². The van der Waals surface area contributed by atoms with E-state index in [1.807, 2.05) is 67.8 Å². The van der Waals surface area contributed by atoms with E-state index in [9.17, 15) is 14.4 Å². The van der Waals surface area contributed by atoms with Crippen molar-refractivity contribution < 1.29 is 28.6 Å². The number of rotatable bonds is 11. The average molecular weight is 670 g/mol. The summed E-state index contributed by atoms with van der Waals surface area (Å²) >= 11 is 0. The fourth-order valence-electron chi connectivity index (χ4n) is 6.80. The first-order chi connectivity index (χ1) is 23.6. The maximum atomic E-state index is 13.7. The minimum absolute atomic E-state index is 0.228. The number of esters is 1. The van der Waals surface area contributed by atoms with Crippen molar-refractivity contribution in [3.63, 3.8) is 0 Å². The quantitative estimate of drug-likeness (QED) is 0.192. The lowest BCUT2D eigenvalue weighted by atomic mass is 9.89. The molecule has 9 heteroatoms. The number of hydrogen-bond donors (Lipinski definition) is 0. The highest BCUT2D eigenvalue weighted by Crippen LogP contribution is 2.35. The lowest BCUT2D eigenvalue weighted by Crippen LogP contribution is -2.41. The van der Waals surface area contributed by atoms with Crippen LogP contribution in [0.2, 0.25) is 0 Å². The fourth-order valence-corrected chi connectivity index (χ4v) is 6.80. The Balaban J connectivity index is 1.26. The number of pyridine rings is 1. The van der Waals surface area contributed by atoms with Gasteiger partial charge in [-0.05, 0) is 107 Å². The highest BCUT2D eigenvalue weighted by molar-refractivity contribution is 5.87. The summed E-state index contributed by atoms with van der Waals surface area (Å²) in [4.78, 5) is 46.6. The molecule has 1 fully saturated rings. The normalized spacial score (nSPS) is 16.4. The van der Waals surface area contributed by atoms with Gasteiger partial charge in [-0.2, -0.15) is 0 Å². The second-order valence-electron chi connectivity index (χ2n) is 13.9. The van der Waals surface area contributed by atoms with Crippen LogP contribution in [0.15, 0.2) is 60.7 Å². The molecule has 1 unspecified atom stereocenters. The minimum Gasteiger partial charge on any atom is -0.489 e. The smallest absolute Gasteiger partial charge is 0.410 e. The number of carbonyl (C=O) groups excluding carboxylic acids is 3. The average Bonchev–Trinajstić information content (AvgIpc) is 3.10. The molecule has 2 aliphatic rings. The van der Waals surface area contributed by atoms with Crippen molar-refractivity contribution in [2.75, 3.05) is 26.2 Å². The number of hydrogen-bond acceptors (Lipinski definition) is 7. The molecule has 0 bridgehead atoms. The maximum absolute atomic E-state index is 13.7. The fraction of sp³-hybridized carbons (Fsp3) is 0.500. The predicted molar refractivity (Wildman–Crippen MR) is 189 cm³/mol. The SMILES string of the molecule is CCOC(=O)c1ccc2c(n1)CCCC2N(CCc1ccccc1OCc1ccc(C2CCN(C(=O)CC)CC2)cc1)C(=O)OC(C)(C)C. The minimum atomic E-state index is -0.652. The number of benzene rings is 2. The summed E-state index contributed by atoms with van der Waals surface area (Å²) in [6.45, 7) is 12.1. The van der Waals surface area contributed by atoms with Gasteiger partial charge in [0.1, 0.15) is 23.7 Å². The summed E-state index contributed by atoms with van der Waals surface area (Å²) in [7, 11) is 0. The van der Waals surface area contributed by atoms with Crippen LogP contribution in [0.25, 0.3) is 0 Å². The number of fused-ring (bicyclic) bond motifs is 1. The molecule has 0 N–H and O–H groups in total. The van der Waals surface area contributed by atoms with E-state index in [1.165, 1.54) is 5.56 Å². The van der Waals surface area contributed by atoms with Gasteiger partial charge in [-0.15, -0.1) is 0 Å². The number of ether oxygens (including phenoxy) is 3. The summed E-state index contributed by atoms with van der Waals surface area (Å²) in [6, 6.07) is 20.0. The van der Waals surface area contributed by atoms with Crippen molar-refractivity contribution in [3.05, 3.63) is 94.3 Å². The summed E-state index contributed by atoms with van der Waals surface area (Å²) in [5.41, 5.74) is 4.80. The van der Waals surface area contributed by atoms with Gasteiger partial charge in [0.15, 0.2) is 0 Å². The zero-order valence-corrected chi connectivity index (χ0v) is 29.7. The number of para-hydroxylation sites is 1. The lowest BCUT2D eigenvalue weighted by Gasteiger charge is -2.36. The lowest BCUT2D eigenvalue weighted by molar-refractivity contribution is -0.131. The summed E-state index contributed by atoms with van der Waals surface area (Å²) in [5.74, 6) is 1.06. The van der Waals surface area contributed by atoms with Crippen LogP contribution in [0.1, 0.15) is 117 Å². The van der Waals surface area contributed by atoms with E-state index in [2.05, 4.69) is 29.2 Å². The zero-order valence-electron chi connectivity index (χ0n) is 29.7. The molecule has 262 valence electrons. The van der Waals surface area contributed by atoms with Crippen LogP contribution in [0.4, 0.5) is 4.79 Å². The number of amides is 2. The van der Waals surface area contributed by atoms with Crippen LogP contribution in [-0.2, 0) is 33.7 Å². The second-order valence-corrected chi connectivity index (χ2v) is 13.9. The van der Waals surface area contributed by atoms with Gasteiger partial charge in [0.25, 0.3) is 0 Å². The number of aryl methyl sites for hydroxylation is 1. The van der Waals surface area contributed by atoms with E-state index in [-0.39, 0.29) is 30.3 Å². The number of nitrogens with zero attached hydrogens (tertiary/aromatic N) is 3. The molecule has 1 aliphatic heterocycles. The van der Waals surface area contributed by atoms with Crippen molar-refractivity contribution in [2.24, 2.45) is 0 Å². The number of likely N-dealkylation sites (tertiary alicyclic amines) is 1. The standard InChI is InChI=1S/C40H51N3O6/c1-6-37(44)42-24-21-30(22-25-42)29-17-15-28(16-18-29)27-48-36-14-9-8-11-31(36)23-26-43(39(46)49-40(3,4)5)35-13-10-12-33-32(35)19-20-34(41-33)38(45)47-7-2/h8-9,11,14-20,30,35H,6-7,10,12-13,21-27H2,1-5H3. The Morgan fingerprint density at radius 1 is 0.939 bits per heavy atom. The Bertz CT molecular complexity index is 1590. The molecule has 1 aromatic heterocycles. The van der Waals surface area contributed by atoms with Crippen LogP contribution in [-0.4, -0.2) is 64.6 Å². The van der Waals surface area contributed by atoms with Crippen LogP contribution in [0.3, 0.4) is 0 Å². The van der Waals surface area contributed by atoms with E-state index in [1.54, 1.807) is 13.0 Å². The third-order valence-corrected chi connectivity index (χ3v) is 9.34. The van der Waals surface area contributed by atoms with E-state index in [0.29, 0.717) is 31.9 Å². The van der Waals surface area contributed by atoms with Gasteiger partial charge >= 0.3 is 12.1 Å². The van der Waals surface area contributed by atoms with Crippen LogP contribution in [0.5, 0.6) is 5.75 Å². The molecule has 0 saturated carbocycles. The number of aromatic nitrogens is 1. The summed E-state index contributed by atoms with van der Waals surface area (Å²) < 4.78 is 17.4. The Kier molecular flexibility index (Phi) is 12.0. The first-order valence-corrected chi connectivity index (χ1v) is 17.8. The van der Waals surface area contributed by atoms with Crippen molar-refractivity contribution in [3.8, 4) is 5.75 Å². The maximum Gasteiger partial charge on any atom is 0.410 e. The van der Waals surface area contributed by atoms with Gasteiger partial charge in [-0.1, -0.05) is 55.5 Å². The first-order valence-electron chi connectivity index (χ1n) is 17.8. The largest absolute Gasteiger partial charge is 0.489 e.